The number of rotatable bonds is 5. The quantitative estimate of drug-likeness (QED) is 0.835. The molecule has 1 aliphatic heterocycles. The van der Waals surface area contributed by atoms with Gasteiger partial charge in [0, 0.05) is 19.6 Å². The molecule has 2 unspecified atom stereocenters. The van der Waals surface area contributed by atoms with Crippen LogP contribution in [0.2, 0.25) is 0 Å². The summed E-state index contributed by atoms with van der Waals surface area (Å²) >= 11 is 0. The lowest BCUT2D eigenvalue weighted by atomic mass is 10.2. The molecule has 6 nitrogen and oxygen atoms in total. The van der Waals surface area contributed by atoms with Crippen molar-refractivity contribution >= 4 is 11.6 Å². The molecule has 1 aromatic rings. The number of hydrogen-bond donors (Lipinski definition) is 2. The molecular weight excluding hydrogens is 270 g/mol. The van der Waals surface area contributed by atoms with Crippen molar-refractivity contribution in [3.63, 3.8) is 0 Å². The topological polar surface area (TPSA) is 76.8 Å². The van der Waals surface area contributed by atoms with Gasteiger partial charge in [-0.2, -0.15) is 0 Å². The van der Waals surface area contributed by atoms with Gasteiger partial charge in [0.15, 0.2) is 0 Å². The number of anilines is 1. The highest BCUT2D eigenvalue weighted by molar-refractivity contribution is 5.93. The molecule has 21 heavy (non-hydrogen) atoms. The molecule has 1 aromatic carbocycles. The maximum Gasteiger partial charge on any atom is 0.238 e. The van der Waals surface area contributed by atoms with Crippen molar-refractivity contribution in [2.75, 3.05) is 38.6 Å². The minimum absolute atomic E-state index is 0.00666. The lowest BCUT2D eigenvalue weighted by molar-refractivity contribution is -0.121. The number of hydrogen-bond acceptors (Lipinski definition) is 5. The van der Waals surface area contributed by atoms with E-state index in [9.17, 15) is 4.79 Å². The van der Waals surface area contributed by atoms with Crippen molar-refractivity contribution in [1.82, 2.24) is 4.90 Å². The number of methoxy groups -OCH3 is 1. The summed E-state index contributed by atoms with van der Waals surface area (Å²) in [5.41, 5.74) is 6.33. The number of para-hydroxylation sites is 2. The molecule has 1 aliphatic rings. The fraction of sp³-hybridized carbons (Fsp3) is 0.533. The zero-order valence-electron chi connectivity index (χ0n) is 12.5. The van der Waals surface area contributed by atoms with Crippen LogP contribution in [0.3, 0.4) is 0 Å². The number of nitrogens with zero attached hydrogens (tertiary/aromatic N) is 1. The Balaban J connectivity index is 1.92. The smallest absolute Gasteiger partial charge is 0.238 e. The van der Waals surface area contributed by atoms with Gasteiger partial charge in [-0.3, -0.25) is 9.69 Å². The molecule has 1 heterocycles. The highest BCUT2D eigenvalue weighted by atomic mass is 16.5. The molecule has 0 saturated carbocycles. The van der Waals surface area contributed by atoms with Gasteiger partial charge in [0.05, 0.1) is 31.5 Å². The third kappa shape index (κ3) is 4.42. The first-order chi connectivity index (χ1) is 10.1. The predicted octanol–water partition coefficient (Wildman–Crippen LogP) is 0.682. The van der Waals surface area contributed by atoms with Gasteiger partial charge in [-0.15, -0.1) is 0 Å². The molecule has 0 bridgehead atoms. The minimum Gasteiger partial charge on any atom is -0.495 e. The van der Waals surface area contributed by atoms with Crippen molar-refractivity contribution in [2.45, 2.75) is 19.1 Å². The first-order valence-corrected chi connectivity index (χ1v) is 7.13. The molecule has 6 heteroatoms. The average Bonchev–Trinajstić information content (AvgIpc) is 2.47. The summed E-state index contributed by atoms with van der Waals surface area (Å²) < 4.78 is 10.9. The summed E-state index contributed by atoms with van der Waals surface area (Å²) in [5, 5.41) is 2.88. The number of nitrogens with two attached hydrogens (primary N) is 1. The van der Waals surface area contributed by atoms with Crippen LogP contribution < -0.4 is 15.8 Å². The molecule has 0 radical (unpaired) electrons. The predicted molar refractivity (Wildman–Crippen MR) is 81.5 cm³/mol. The van der Waals surface area contributed by atoms with Gasteiger partial charge in [-0.25, -0.2) is 0 Å². The number of ether oxygens (including phenoxy) is 2. The zero-order chi connectivity index (χ0) is 15.2. The number of carbonyl (C=O) groups excluding carboxylic acids is 1. The summed E-state index contributed by atoms with van der Waals surface area (Å²) in [7, 11) is 1.58. The Morgan fingerprint density at radius 1 is 1.48 bits per heavy atom. The minimum atomic E-state index is -0.0654. The van der Waals surface area contributed by atoms with E-state index in [0.29, 0.717) is 31.1 Å². The van der Waals surface area contributed by atoms with Gasteiger partial charge in [-0.1, -0.05) is 12.1 Å². The third-order valence-corrected chi connectivity index (χ3v) is 3.41. The van der Waals surface area contributed by atoms with Crippen molar-refractivity contribution in [3.05, 3.63) is 24.3 Å². The summed E-state index contributed by atoms with van der Waals surface area (Å²) in [6.07, 6.45) is 0.0826. The molecule has 0 aromatic heterocycles. The second-order valence-electron chi connectivity index (χ2n) is 5.25. The first kappa shape index (κ1) is 15.8. The van der Waals surface area contributed by atoms with Gasteiger partial charge < -0.3 is 20.5 Å². The maximum atomic E-state index is 12.2. The van der Waals surface area contributed by atoms with Crippen molar-refractivity contribution in [3.8, 4) is 5.75 Å². The molecule has 0 spiro atoms. The Kier molecular flexibility index (Phi) is 5.55. The van der Waals surface area contributed by atoms with E-state index in [1.807, 2.05) is 31.2 Å². The van der Waals surface area contributed by atoms with Gasteiger partial charge in [-0.05, 0) is 19.1 Å². The molecule has 1 fully saturated rings. The second kappa shape index (κ2) is 7.40. The van der Waals surface area contributed by atoms with Crippen LogP contribution in [0.25, 0.3) is 0 Å². The number of nitrogens with one attached hydrogen (secondary N) is 1. The number of morpholine rings is 1. The zero-order valence-corrected chi connectivity index (χ0v) is 12.5. The monoisotopic (exact) mass is 293 g/mol. The van der Waals surface area contributed by atoms with Crippen molar-refractivity contribution < 1.29 is 14.3 Å². The van der Waals surface area contributed by atoms with E-state index < -0.39 is 0 Å². The van der Waals surface area contributed by atoms with E-state index in [1.165, 1.54) is 0 Å². The van der Waals surface area contributed by atoms with E-state index in [4.69, 9.17) is 15.2 Å². The van der Waals surface area contributed by atoms with Crippen molar-refractivity contribution in [2.24, 2.45) is 5.73 Å². The molecule has 2 rings (SSSR count). The largest absolute Gasteiger partial charge is 0.495 e. The van der Waals surface area contributed by atoms with Crippen LogP contribution in [0.15, 0.2) is 24.3 Å². The van der Waals surface area contributed by atoms with Gasteiger partial charge in [0.2, 0.25) is 5.91 Å². The molecule has 1 saturated heterocycles. The maximum absolute atomic E-state index is 12.2. The van der Waals surface area contributed by atoms with Gasteiger partial charge in [0.25, 0.3) is 0 Å². The van der Waals surface area contributed by atoms with E-state index in [0.717, 1.165) is 6.54 Å². The Morgan fingerprint density at radius 2 is 2.24 bits per heavy atom. The van der Waals surface area contributed by atoms with Crippen LogP contribution in [0.5, 0.6) is 5.75 Å². The number of benzene rings is 1. The molecule has 2 atom stereocenters. The molecular formula is C15H23N3O3. The van der Waals surface area contributed by atoms with Crippen molar-refractivity contribution in [1.29, 1.82) is 0 Å². The standard InChI is InChI=1S/C15H23N3O3/c1-11-8-18(9-12(7-16)21-11)10-15(19)17-13-5-3-4-6-14(13)20-2/h3-6,11-12H,7-10,16H2,1-2H3,(H,17,19). The van der Waals surface area contributed by atoms with Crippen LogP contribution >= 0.6 is 0 Å². The lowest BCUT2D eigenvalue weighted by Crippen LogP contribution is -2.51. The van der Waals surface area contributed by atoms with Crippen LogP contribution in [-0.4, -0.2) is 56.3 Å². The van der Waals surface area contributed by atoms with E-state index in [-0.39, 0.29) is 18.1 Å². The van der Waals surface area contributed by atoms with E-state index >= 15 is 0 Å². The van der Waals surface area contributed by atoms with Crippen LogP contribution in [0, 0.1) is 0 Å². The normalized spacial score (nSPS) is 22.8. The first-order valence-electron chi connectivity index (χ1n) is 7.13. The SMILES string of the molecule is COc1ccccc1NC(=O)CN1CC(C)OC(CN)C1. The van der Waals surface area contributed by atoms with Gasteiger partial charge >= 0.3 is 0 Å². The molecule has 116 valence electrons. The van der Waals surface area contributed by atoms with E-state index in [2.05, 4.69) is 10.2 Å². The Bertz CT molecular complexity index is 481. The Hall–Kier alpha value is -1.63. The third-order valence-electron chi connectivity index (χ3n) is 3.41. The molecule has 1 amide bonds. The van der Waals surface area contributed by atoms with Crippen LogP contribution in [0.4, 0.5) is 5.69 Å². The highest BCUT2D eigenvalue weighted by Gasteiger charge is 2.25. The number of amides is 1. The lowest BCUT2D eigenvalue weighted by Gasteiger charge is -2.35. The number of carbonyl (C=O) groups is 1. The second-order valence-corrected chi connectivity index (χ2v) is 5.25. The Morgan fingerprint density at radius 3 is 2.95 bits per heavy atom. The summed E-state index contributed by atoms with van der Waals surface area (Å²) in [6.45, 7) is 4.19. The molecule has 0 aliphatic carbocycles. The Labute approximate surface area is 125 Å². The van der Waals surface area contributed by atoms with Crippen LogP contribution in [0.1, 0.15) is 6.92 Å². The summed E-state index contributed by atoms with van der Waals surface area (Å²) in [4.78, 5) is 14.2. The summed E-state index contributed by atoms with van der Waals surface area (Å²) in [6, 6.07) is 7.36. The van der Waals surface area contributed by atoms with Crippen LogP contribution in [-0.2, 0) is 9.53 Å². The van der Waals surface area contributed by atoms with E-state index in [1.54, 1.807) is 7.11 Å². The average molecular weight is 293 g/mol. The van der Waals surface area contributed by atoms with Gasteiger partial charge in [0.1, 0.15) is 5.75 Å². The highest BCUT2D eigenvalue weighted by Crippen LogP contribution is 2.23. The molecule has 3 N–H and O–H groups in total. The fourth-order valence-electron chi connectivity index (χ4n) is 2.54. The summed E-state index contributed by atoms with van der Waals surface area (Å²) in [5.74, 6) is 0.588. The fourth-order valence-corrected chi connectivity index (χ4v) is 2.54.